The van der Waals surface area contributed by atoms with Crippen LogP contribution in [0.4, 0.5) is 5.82 Å². The number of aromatic nitrogens is 2. The summed E-state index contributed by atoms with van der Waals surface area (Å²) in [4.78, 5) is 10.7. The predicted octanol–water partition coefficient (Wildman–Crippen LogP) is 4.23. The second kappa shape index (κ2) is 6.74. The molecule has 0 bridgehead atoms. The van der Waals surface area contributed by atoms with Gasteiger partial charge in [-0.3, -0.25) is 5.43 Å². The number of anilines is 1. The Kier molecular flexibility index (Phi) is 4.68. The van der Waals surface area contributed by atoms with E-state index in [9.17, 15) is 5.11 Å². The summed E-state index contributed by atoms with van der Waals surface area (Å²) in [5, 5.41) is 15.1. The van der Waals surface area contributed by atoms with Crippen molar-refractivity contribution in [2.75, 3.05) is 12.5 Å². The van der Waals surface area contributed by atoms with Gasteiger partial charge in [-0.15, -0.1) is 11.3 Å². The first-order valence-corrected chi connectivity index (χ1v) is 8.68. The average Bonchev–Trinajstić information content (AvgIpc) is 2.86. The monoisotopic (exact) mass is 406 g/mol. The zero-order valence-corrected chi connectivity index (χ0v) is 15.7. The fourth-order valence-electron chi connectivity index (χ4n) is 2.26. The number of nitrogens with one attached hydrogen (secondary N) is 1. The molecule has 0 spiro atoms. The van der Waals surface area contributed by atoms with Crippen LogP contribution in [0, 0.1) is 13.8 Å². The summed E-state index contributed by atoms with van der Waals surface area (Å²) in [7, 11) is 1.50. The van der Waals surface area contributed by atoms with Gasteiger partial charge in [0.05, 0.1) is 23.2 Å². The molecule has 0 atom stereocenters. The molecule has 0 unspecified atom stereocenters. The molecule has 2 heterocycles. The molecule has 0 aliphatic heterocycles. The van der Waals surface area contributed by atoms with E-state index in [4.69, 9.17) is 4.74 Å². The summed E-state index contributed by atoms with van der Waals surface area (Å²) >= 11 is 4.93. The van der Waals surface area contributed by atoms with Crippen LogP contribution >= 0.6 is 27.3 Å². The van der Waals surface area contributed by atoms with Crippen molar-refractivity contribution in [2.45, 2.75) is 13.8 Å². The van der Waals surface area contributed by atoms with Gasteiger partial charge >= 0.3 is 0 Å². The van der Waals surface area contributed by atoms with E-state index in [-0.39, 0.29) is 5.75 Å². The minimum atomic E-state index is 0.0597. The van der Waals surface area contributed by atoms with Crippen molar-refractivity contribution in [3.05, 3.63) is 38.9 Å². The molecule has 0 amide bonds. The fourth-order valence-corrected chi connectivity index (χ4v) is 3.72. The highest BCUT2D eigenvalue weighted by Crippen LogP contribution is 2.35. The Labute approximate surface area is 151 Å². The van der Waals surface area contributed by atoms with Crippen LogP contribution in [0.15, 0.2) is 28.0 Å². The second-order valence-electron chi connectivity index (χ2n) is 5.11. The zero-order chi connectivity index (χ0) is 17.3. The number of rotatable bonds is 4. The van der Waals surface area contributed by atoms with Gasteiger partial charge in [0.1, 0.15) is 11.2 Å². The van der Waals surface area contributed by atoms with Crippen LogP contribution < -0.4 is 10.2 Å². The van der Waals surface area contributed by atoms with Gasteiger partial charge in [-0.1, -0.05) is 0 Å². The van der Waals surface area contributed by atoms with Gasteiger partial charge in [-0.2, -0.15) is 5.10 Å². The van der Waals surface area contributed by atoms with E-state index < -0.39 is 0 Å². The maximum absolute atomic E-state index is 9.83. The van der Waals surface area contributed by atoms with E-state index >= 15 is 0 Å². The molecule has 0 saturated carbocycles. The topological polar surface area (TPSA) is 79.6 Å². The first-order valence-electron chi connectivity index (χ1n) is 7.07. The maximum atomic E-state index is 9.83. The lowest BCUT2D eigenvalue weighted by Gasteiger charge is -2.06. The molecule has 8 heteroatoms. The van der Waals surface area contributed by atoms with Crippen LogP contribution in [0.2, 0.25) is 0 Å². The SMILES string of the molecule is COc1cc(/C=N/Nc2ncnc3sc(C)c(C)c23)cc(Br)c1O. The molecule has 2 aromatic heterocycles. The van der Waals surface area contributed by atoms with Crippen molar-refractivity contribution >= 4 is 49.5 Å². The summed E-state index contributed by atoms with van der Waals surface area (Å²) in [5.41, 5.74) is 4.89. The number of methoxy groups -OCH3 is 1. The van der Waals surface area contributed by atoms with Crippen molar-refractivity contribution < 1.29 is 9.84 Å². The largest absolute Gasteiger partial charge is 0.503 e. The molecular formula is C16H15BrN4O2S. The number of fused-ring (bicyclic) bond motifs is 1. The van der Waals surface area contributed by atoms with E-state index in [2.05, 4.69) is 43.3 Å². The molecular weight excluding hydrogens is 392 g/mol. The zero-order valence-electron chi connectivity index (χ0n) is 13.3. The standard InChI is InChI=1S/C16H15BrN4O2S/c1-8-9(2)24-16-13(8)15(18-7-19-16)21-20-6-10-4-11(17)14(22)12(5-10)23-3/h4-7,22H,1-3H3,(H,18,19,21)/b20-6+. The molecule has 0 aliphatic rings. The number of aryl methyl sites for hydroxylation is 2. The van der Waals surface area contributed by atoms with Crippen molar-refractivity contribution in [2.24, 2.45) is 5.10 Å². The Morgan fingerprint density at radius 1 is 1.33 bits per heavy atom. The van der Waals surface area contributed by atoms with Gasteiger partial charge in [0.2, 0.25) is 0 Å². The van der Waals surface area contributed by atoms with Crippen LogP contribution in [0.3, 0.4) is 0 Å². The number of phenolic OH excluding ortho intramolecular Hbond substituents is 1. The lowest BCUT2D eigenvalue weighted by molar-refractivity contribution is 0.372. The van der Waals surface area contributed by atoms with Crippen LogP contribution in [-0.4, -0.2) is 28.4 Å². The van der Waals surface area contributed by atoms with Crippen molar-refractivity contribution in [1.29, 1.82) is 0 Å². The average molecular weight is 407 g/mol. The minimum Gasteiger partial charge on any atom is -0.503 e. The molecule has 3 aromatic rings. The van der Waals surface area contributed by atoms with E-state index in [0.29, 0.717) is 16.0 Å². The molecule has 2 N–H and O–H groups in total. The van der Waals surface area contributed by atoms with Crippen LogP contribution in [0.25, 0.3) is 10.2 Å². The highest BCUT2D eigenvalue weighted by atomic mass is 79.9. The predicted molar refractivity (Wildman–Crippen MR) is 100 cm³/mol. The summed E-state index contributed by atoms with van der Waals surface area (Å²) in [6.45, 7) is 4.11. The Balaban J connectivity index is 1.89. The number of halogens is 1. The molecule has 1 aromatic carbocycles. The number of aromatic hydroxyl groups is 1. The van der Waals surface area contributed by atoms with E-state index in [1.54, 1.807) is 29.7 Å². The van der Waals surface area contributed by atoms with Crippen LogP contribution in [-0.2, 0) is 0 Å². The number of benzene rings is 1. The lowest BCUT2D eigenvalue weighted by atomic mass is 10.2. The molecule has 0 aliphatic carbocycles. The van der Waals surface area contributed by atoms with Gasteiger partial charge in [-0.05, 0) is 53.0 Å². The highest BCUT2D eigenvalue weighted by molar-refractivity contribution is 9.10. The lowest BCUT2D eigenvalue weighted by Crippen LogP contribution is -1.96. The number of hydrogen-bond donors (Lipinski definition) is 2. The molecule has 0 saturated heterocycles. The smallest absolute Gasteiger partial charge is 0.172 e. The Bertz CT molecular complexity index is 939. The Hall–Kier alpha value is -2.19. The second-order valence-corrected chi connectivity index (χ2v) is 7.17. The summed E-state index contributed by atoms with van der Waals surface area (Å²) in [6, 6.07) is 3.44. The van der Waals surface area contributed by atoms with Gasteiger partial charge in [0.15, 0.2) is 17.3 Å². The van der Waals surface area contributed by atoms with Crippen LogP contribution in [0.5, 0.6) is 11.5 Å². The van der Waals surface area contributed by atoms with Crippen LogP contribution in [0.1, 0.15) is 16.0 Å². The third kappa shape index (κ3) is 3.07. The van der Waals surface area contributed by atoms with Gasteiger partial charge in [0.25, 0.3) is 0 Å². The molecule has 6 nitrogen and oxygen atoms in total. The number of ether oxygens (including phenoxy) is 1. The molecule has 0 radical (unpaired) electrons. The number of hydrogen-bond acceptors (Lipinski definition) is 7. The quantitative estimate of drug-likeness (QED) is 0.500. The first-order chi connectivity index (χ1) is 11.5. The fraction of sp³-hybridized carbons (Fsp3) is 0.188. The third-order valence-corrected chi connectivity index (χ3v) is 5.34. The van der Waals surface area contributed by atoms with E-state index in [1.807, 2.05) is 6.92 Å². The van der Waals surface area contributed by atoms with Gasteiger partial charge < -0.3 is 9.84 Å². The number of phenols is 1. The van der Waals surface area contributed by atoms with Gasteiger partial charge in [0, 0.05) is 4.88 Å². The summed E-state index contributed by atoms with van der Waals surface area (Å²) in [6.07, 6.45) is 3.16. The Morgan fingerprint density at radius 3 is 2.88 bits per heavy atom. The Morgan fingerprint density at radius 2 is 2.12 bits per heavy atom. The van der Waals surface area contributed by atoms with E-state index in [0.717, 1.165) is 21.3 Å². The third-order valence-electron chi connectivity index (χ3n) is 3.62. The van der Waals surface area contributed by atoms with Crippen molar-refractivity contribution in [3.8, 4) is 11.5 Å². The van der Waals surface area contributed by atoms with E-state index in [1.165, 1.54) is 18.3 Å². The summed E-state index contributed by atoms with van der Waals surface area (Å²) < 4.78 is 5.66. The molecule has 0 fully saturated rings. The minimum absolute atomic E-state index is 0.0597. The molecule has 124 valence electrons. The highest BCUT2D eigenvalue weighted by Gasteiger charge is 2.11. The first kappa shape index (κ1) is 16.7. The molecule has 24 heavy (non-hydrogen) atoms. The number of nitrogens with zero attached hydrogens (tertiary/aromatic N) is 3. The maximum Gasteiger partial charge on any atom is 0.172 e. The number of hydrazone groups is 1. The number of thiophene rings is 1. The van der Waals surface area contributed by atoms with Crippen molar-refractivity contribution in [3.63, 3.8) is 0 Å². The normalized spacial score (nSPS) is 11.3. The summed E-state index contributed by atoms with van der Waals surface area (Å²) in [5.74, 6) is 1.10. The molecule has 3 rings (SSSR count). The van der Waals surface area contributed by atoms with Crippen molar-refractivity contribution in [1.82, 2.24) is 9.97 Å². The van der Waals surface area contributed by atoms with Gasteiger partial charge in [-0.25, -0.2) is 9.97 Å².